The summed E-state index contributed by atoms with van der Waals surface area (Å²) in [5.74, 6) is 2.79. The lowest BCUT2D eigenvalue weighted by atomic mass is 10.0. The molecule has 0 saturated heterocycles. The van der Waals surface area contributed by atoms with Crippen LogP contribution in [0.1, 0.15) is 34.1 Å². The quantitative estimate of drug-likeness (QED) is 0.141. The van der Waals surface area contributed by atoms with Crippen LogP contribution in [0.25, 0.3) is 38.3 Å². The maximum absolute atomic E-state index is 6.62. The number of rotatable bonds is 6. The molecule has 0 radical (unpaired) electrons. The van der Waals surface area contributed by atoms with Gasteiger partial charge in [-0.15, -0.1) is 0 Å². The minimum absolute atomic E-state index is 0.688. The Hall–Kier alpha value is -6.27. The SMILES string of the molecule is C/C=C(C=NC)/C=C1\CC=CC=C\C1=N\C=C/C=C(\C=C\C)n1c2ccc3ccccc3c2c2ccc3c(c21)Oc1ccccc1O3.C=N.CC. The lowest BCUT2D eigenvalue weighted by Crippen LogP contribution is -2.02. The van der Waals surface area contributed by atoms with Gasteiger partial charge in [0.05, 0.1) is 11.2 Å². The maximum Gasteiger partial charge on any atom is 0.194 e. The summed E-state index contributed by atoms with van der Waals surface area (Å²) in [7, 11) is 1.79. The smallest absolute Gasteiger partial charge is 0.194 e. The molecule has 1 aromatic heterocycles. The first-order valence-corrected chi connectivity index (χ1v) is 17.2. The van der Waals surface area contributed by atoms with Gasteiger partial charge < -0.3 is 19.5 Å². The molecule has 0 bridgehead atoms. The highest BCUT2D eigenvalue weighted by molar-refractivity contribution is 6.23. The number of aromatic nitrogens is 1. The highest BCUT2D eigenvalue weighted by Crippen LogP contribution is 2.51. The Morgan fingerprint density at radius 1 is 0.863 bits per heavy atom. The number of fused-ring (bicyclic) bond motifs is 8. The van der Waals surface area contributed by atoms with Gasteiger partial charge in [0, 0.05) is 35.9 Å². The molecule has 7 rings (SSSR count). The van der Waals surface area contributed by atoms with E-state index in [4.69, 9.17) is 19.9 Å². The number of nitrogens with one attached hydrogen (secondary N) is 1. The van der Waals surface area contributed by atoms with Gasteiger partial charge >= 0.3 is 0 Å². The van der Waals surface area contributed by atoms with E-state index in [1.807, 2.05) is 88.7 Å². The van der Waals surface area contributed by atoms with Gasteiger partial charge in [0.1, 0.15) is 5.52 Å². The Morgan fingerprint density at radius 2 is 1.63 bits per heavy atom. The van der Waals surface area contributed by atoms with Crippen molar-refractivity contribution in [1.82, 2.24) is 4.57 Å². The third-order valence-electron chi connectivity index (χ3n) is 8.30. The van der Waals surface area contributed by atoms with Crippen LogP contribution in [0.5, 0.6) is 23.0 Å². The van der Waals surface area contributed by atoms with Crippen molar-refractivity contribution >= 4 is 56.9 Å². The van der Waals surface area contributed by atoms with Crippen molar-refractivity contribution in [3.8, 4) is 23.0 Å². The highest BCUT2D eigenvalue weighted by Gasteiger charge is 2.26. The average Bonchev–Trinajstić information content (AvgIpc) is 3.37. The molecule has 1 aliphatic carbocycles. The number of hydrogen-bond donors (Lipinski definition) is 1. The number of allylic oxidation sites excluding steroid dienone is 13. The maximum atomic E-state index is 6.62. The zero-order valence-electron chi connectivity index (χ0n) is 29.9. The molecular formula is C45H44N4O2. The molecule has 1 N–H and O–H groups in total. The second-order valence-corrected chi connectivity index (χ2v) is 11.2. The van der Waals surface area contributed by atoms with Crippen LogP contribution >= 0.6 is 0 Å². The number of hydrogen-bond acceptors (Lipinski definition) is 5. The fraction of sp³-hybridized carbons (Fsp3) is 0.133. The van der Waals surface area contributed by atoms with E-state index in [2.05, 4.69) is 101 Å². The minimum Gasteiger partial charge on any atom is -0.449 e. The molecule has 2 aliphatic rings. The molecule has 5 aromatic rings. The summed E-state index contributed by atoms with van der Waals surface area (Å²) < 4.78 is 15.3. The molecule has 256 valence electrons. The highest BCUT2D eigenvalue weighted by atomic mass is 16.6. The van der Waals surface area contributed by atoms with Gasteiger partial charge in [-0.25, -0.2) is 0 Å². The fourth-order valence-electron chi connectivity index (χ4n) is 6.20. The van der Waals surface area contributed by atoms with Crippen molar-refractivity contribution in [3.63, 3.8) is 0 Å². The van der Waals surface area contributed by atoms with Crippen molar-refractivity contribution in [3.05, 3.63) is 151 Å². The van der Waals surface area contributed by atoms with Gasteiger partial charge in [-0.3, -0.25) is 9.98 Å². The van der Waals surface area contributed by atoms with Gasteiger partial charge in [-0.1, -0.05) is 86.7 Å². The number of para-hydroxylation sites is 2. The van der Waals surface area contributed by atoms with Crippen LogP contribution < -0.4 is 9.47 Å². The van der Waals surface area contributed by atoms with Crippen LogP contribution in [0, 0.1) is 5.41 Å². The first-order valence-electron chi connectivity index (χ1n) is 17.2. The van der Waals surface area contributed by atoms with Gasteiger partial charge in [-0.2, -0.15) is 0 Å². The minimum atomic E-state index is 0.688. The summed E-state index contributed by atoms with van der Waals surface area (Å²) in [6.45, 7) is 10.6. The van der Waals surface area contributed by atoms with Crippen LogP contribution in [0.4, 0.5) is 0 Å². The Kier molecular flexibility index (Phi) is 12.3. The third kappa shape index (κ3) is 7.51. The normalized spacial score (nSPS) is 15.9. The molecule has 0 spiro atoms. The van der Waals surface area contributed by atoms with Crippen molar-refractivity contribution in [1.29, 1.82) is 5.41 Å². The molecule has 6 heteroatoms. The van der Waals surface area contributed by atoms with E-state index in [0.717, 1.165) is 45.4 Å². The number of nitrogens with zero attached hydrogens (tertiary/aromatic N) is 3. The Morgan fingerprint density at radius 3 is 2.39 bits per heavy atom. The summed E-state index contributed by atoms with van der Waals surface area (Å²) in [6.07, 6.45) is 25.3. The fourth-order valence-corrected chi connectivity index (χ4v) is 6.20. The zero-order chi connectivity index (χ0) is 36.2. The molecule has 4 aromatic carbocycles. The van der Waals surface area contributed by atoms with E-state index < -0.39 is 0 Å². The van der Waals surface area contributed by atoms with Crippen LogP contribution in [-0.4, -0.2) is 30.3 Å². The van der Waals surface area contributed by atoms with Gasteiger partial charge in [0.15, 0.2) is 23.0 Å². The van der Waals surface area contributed by atoms with Crippen LogP contribution in [0.3, 0.4) is 0 Å². The molecule has 0 amide bonds. The third-order valence-corrected chi connectivity index (χ3v) is 8.30. The molecule has 51 heavy (non-hydrogen) atoms. The van der Waals surface area contributed by atoms with Gasteiger partial charge in [0.2, 0.25) is 0 Å². The molecule has 0 atom stereocenters. The molecule has 2 heterocycles. The summed E-state index contributed by atoms with van der Waals surface area (Å²) in [5, 5.41) is 10.1. The first-order chi connectivity index (χ1) is 25.2. The largest absolute Gasteiger partial charge is 0.449 e. The molecule has 0 unspecified atom stereocenters. The van der Waals surface area contributed by atoms with Gasteiger partial charge in [0.25, 0.3) is 0 Å². The van der Waals surface area contributed by atoms with Crippen LogP contribution in [0.2, 0.25) is 0 Å². The van der Waals surface area contributed by atoms with Crippen molar-refractivity contribution < 1.29 is 9.47 Å². The zero-order valence-corrected chi connectivity index (χ0v) is 29.9. The Bertz CT molecular complexity index is 2320. The molecule has 0 saturated carbocycles. The van der Waals surface area contributed by atoms with E-state index in [0.29, 0.717) is 23.0 Å². The average molecular weight is 673 g/mol. The summed E-state index contributed by atoms with van der Waals surface area (Å²) in [6, 6.07) is 24.9. The van der Waals surface area contributed by atoms with E-state index >= 15 is 0 Å². The molecular weight excluding hydrogens is 629 g/mol. The van der Waals surface area contributed by atoms with Crippen LogP contribution in [-0.2, 0) is 0 Å². The van der Waals surface area contributed by atoms with Crippen molar-refractivity contribution in [2.24, 2.45) is 9.98 Å². The number of benzene rings is 4. The summed E-state index contributed by atoms with van der Waals surface area (Å²) in [5.41, 5.74) is 6.10. The van der Waals surface area contributed by atoms with E-state index in [1.165, 1.54) is 16.2 Å². The standard InChI is InChI=1S/C42H35N3O2.C2H6.CH3N/c1-4-14-32(17-13-26-44-35-19-8-6-7-16-31(35)27-29(5-2)28-43-3)45-36-24-22-30-15-9-10-18-33(30)40(36)34-23-25-39-42(41(34)45)47-38-21-12-11-20-37(38)46-39;2*1-2/h4-15,17-28H,16H2,1-3H3;1-2H3;2H,1H2/b14-4+,26-13-,29-5-,31-27+,32-17+,43-28?,44-35-;;. The second-order valence-electron chi connectivity index (χ2n) is 11.2. The Labute approximate surface area is 300 Å². The lowest BCUT2D eigenvalue weighted by Gasteiger charge is -2.22. The monoisotopic (exact) mass is 672 g/mol. The Balaban J connectivity index is 0.00000122. The van der Waals surface area contributed by atoms with Gasteiger partial charge in [-0.05, 0) is 110 Å². The molecule has 1 aliphatic heterocycles. The lowest BCUT2D eigenvalue weighted by molar-refractivity contribution is 0.362. The van der Waals surface area contributed by atoms with E-state index in [9.17, 15) is 0 Å². The van der Waals surface area contributed by atoms with Crippen molar-refractivity contribution in [2.45, 2.75) is 34.1 Å². The number of aliphatic imine (C=N–C) groups is 2. The van der Waals surface area contributed by atoms with E-state index in [1.54, 1.807) is 7.05 Å². The molecule has 0 fully saturated rings. The summed E-state index contributed by atoms with van der Waals surface area (Å²) >= 11 is 0. The second kappa shape index (κ2) is 17.4. The number of ether oxygens (including phenoxy) is 2. The predicted molar refractivity (Wildman–Crippen MR) is 220 cm³/mol. The topological polar surface area (TPSA) is 72.0 Å². The van der Waals surface area contributed by atoms with E-state index in [-0.39, 0.29) is 0 Å². The summed E-state index contributed by atoms with van der Waals surface area (Å²) in [4.78, 5) is 9.09. The van der Waals surface area contributed by atoms with Crippen molar-refractivity contribution in [2.75, 3.05) is 7.05 Å². The molecule has 6 nitrogen and oxygen atoms in total. The predicted octanol–water partition coefficient (Wildman–Crippen LogP) is 12.6. The first kappa shape index (κ1) is 36.0. The van der Waals surface area contributed by atoms with Crippen LogP contribution in [0.15, 0.2) is 161 Å².